The molecule has 5 heteroatoms. The van der Waals surface area contributed by atoms with Gasteiger partial charge in [0.1, 0.15) is 11.9 Å². The SMILES string of the molecule is Cn1ccnc1C(O)C1CCN(CCC#N)CC1. The monoisotopic (exact) mass is 248 g/mol. The van der Waals surface area contributed by atoms with Crippen LogP contribution in [0.4, 0.5) is 0 Å². The molecule has 1 aliphatic heterocycles. The van der Waals surface area contributed by atoms with Crippen molar-refractivity contribution < 1.29 is 5.11 Å². The summed E-state index contributed by atoms with van der Waals surface area (Å²) < 4.78 is 1.88. The van der Waals surface area contributed by atoms with Gasteiger partial charge in [-0.05, 0) is 31.8 Å². The fourth-order valence-corrected chi connectivity index (χ4v) is 2.57. The number of likely N-dealkylation sites (tertiary alicyclic amines) is 1. The summed E-state index contributed by atoms with van der Waals surface area (Å²) >= 11 is 0. The van der Waals surface area contributed by atoms with Crippen molar-refractivity contribution in [3.8, 4) is 6.07 Å². The second-order valence-electron chi connectivity index (χ2n) is 4.93. The summed E-state index contributed by atoms with van der Waals surface area (Å²) in [5.74, 6) is 1.04. The Balaban J connectivity index is 1.86. The standard InChI is InChI=1S/C13H20N4O/c1-16-10-6-15-13(16)12(18)11-3-8-17(9-4-11)7-2-5-14/h6,10-12,18H,2-4,7-9H2,1H3. The molecule has 1 saturated heterocycles. The zero-order valence-electron chi connectivity index (χ0n) is 10.8. The zero-order chi connectivity index (χ0) is 13.0. The third-order valence-electron chi connectivity index (χ3n) is 3.74. The van der Waals surface area contributed by atoms with Crippen molar-refractivity contribution in [1.29, 1.82) is 5.26 Å². The number of aryl methyl sites for hydroxylation is 1. The third kappa shape index (κ3) is 2.89. The number of piperidine rings is 1. The number of aliphatic hydroxyl groups excluding tert-OH is 1. The van der Waals surface area contributed by atoms with E-state index in [0.29, 0.717) is 6.42 Å². The van der Waals surface area contributed by atoms with Crippen LogP contribution in [0.1, 0.15) is 31.2 Å². The molecule has 2 heterocycles. The number of imidazole rings is 1. The molecule has 1 atom stereocenters. The van der Waals surface area contributed by atoms with E-state index in [4.69, 9.17) is 5.26 Å². The molecule has 0 aromatic carbocycles. The summed E-state index contributed by atoms with van der Waals surface area (Å²) in [6, 6.07) is 2.17. The minimum Gasteiger partial charge on any atom is -0.385 e. The second-order valence-corrected chi connectivity index (χ2v) is 4.93. The maximum atomic E-state index is 10.3. The summed E-state index contributed by atoms with van der Waals surface area (Å²) in [5.41, 5.74) is 0. The Morgan fingerprint density at radius 2 is 2.28 bits per heavy atom. The van der Waals surface area contributed by atoms with E-state index in [1.54, 1.807) is 6.20 Å². The maximum Gasteiger partial charge on any atom is 0.137 e. The normalized spacial score (nSPS) is 19.6. The summed E-state index contributed by atoms with van der Waals surface area (Å²) in [6.07, 6.45) is 5.65. The van der Waals surface area contributed by atoms with Crippen molar-refractivity contribution in [3.05, 3.63) is 18.2 Å². The predicted molar refractivity (Wildman–Crippen MR) is 67.6 cm³/mol. The zero-order valence-corrected chi connectivity index (χ0v) is 10.8. The van der Waals surface area contributed by atoms with E-state index in [0.717, 1.165) is 38.3 Å². The average Bonchev–Trinajstić information content (AvgIpc) is 2.82. The van der Waals surface area contributed by atoms with E-state index in [1.165, 1.54) is 0 Å². The van der Waals surface area contributed by atoms with E-state index < -0.39 is 6.10 Å². The minimum atomic E-state index is -0.469. The number of rotatable bonds is 4. The van der Waals surface area contributed by atoms with Crippen molar-refractivity contribution in [2.75, 3.05) is 19.6 Å². The molecular weight excluding hydrogens is 228 g/mol. The highest BCUT2D eigenvalue weighted by Gasteiger charge is 2.28. The highest BCUT2D eigenvalue weighted by atomic mass is 16.3. The molecule has 0 radical (unpaired) electrons. The molecule has 0 saturated carbocycles. The first-order valence-electron chi connectivity index (χ1n) is 6.47. The van der Waals surface area contributed by atoms with Crippen LogP contribution < -0.4 is 0 Å². The lowest BCUT2D eigenvalue weighted by Crippen LogP contribution is -2.36. The Morgan fingerprint density at radius 3 is 2.83 bits per heavy atom. The lowest BCUT2D eigenvalue weighted by atomic mass is 9.90. The Kier molecular flexibility index (Phi) is 4.34. The number of aromatic nitrogens is 2. The highest BCUT2D eigenvalue weighted by molar-refractivity contribution is 4.98. The van der Waals surface area contributed by atoms with E-state index in [9.17, 15) is 5.11 Å². The van der Waals surface area contributed by atoms with Gasteiger partial charge in [-0.2, -0.15) is 5.26 Å². The Morgan fingerprint density at radius 1 is 1.56 bits per heavy atom. The molecule has 0 amide bonds. The van der Waals surface area contributed by atoms with Gasteiger partial charge in [0.2, 0.25) is 0 Å². The minimum absolute atomic E-state index is 0.282. The van der Waals surface area contributed by atoms with Crippen molar-refractivity contribution in [1.82, 2.24) is 14.5 Å². The predicted octanol–water partition coefficient (Wildman–Crippen LogP) is 1.08. The van der Waals surface area contributed by atoms with Crippen LogP contribution in [0.3, 0.4) is 0 Å². The summed E-state index contributed by atoms with van der Waals surface area (Å²) in [7, 11) is 1.91. The molecule has 0 spiro atoms. The molecule has 1 fully saturated rings. The highest BCUT2D eigenvalue weighted by Crippen LogP contribution is 2.29. The quantitative estimate of drug-likeness (QED) is 0.866. The molecular formula is C13H20N4O. The number of nitrogens with zero attached hydrogens (tertiary/aromatic N) is 4. The van der Waals surface area contributed by atoms with Gasteiger partial charge < -0.3 is 14.6 Å². The lowest BCUT2D eigenvalue weighted by molar-refractivity contribution is 0.0517. The molecule has 98 valence electrons. The topological polar surface area (TPSA) is 65.1 Å². The largest absolute Gasteiger partial charge is 0.385 e. The van der Waals surface area contributed by atoms with Crippen LogP contribution in [0.5, 0.6) is 0 Å². The number of hydrogen-bond acceptors (Lipinski definition) is 4. The molecule has 1 aromatic heterocycles. The number of hydrogen-bond donors (Lipinski definition) is 1. The van der Waals surface area contributed by atoms with Gasteiger partial charge in [-0.3, -0.25) is 0 Å². The number of aliphatic hydroxyl groups is 1. The van der Waals surface area contributed by atoms with Gasteiger partial charge in [0.05, 0.1) is 6.07 Å². The lowest BCUT2D eigenvalue weighted by Gasteiger charge is -2.33. The molecule has 2 rings (SSSR count). The van der Waals surface area contributed by atoms with Crippen LogP contribution in [0.15, 0.2) is 12.4 Å². The maximum absolute atomic E-state index is 10.3. The fourth-order valence-electron chi connectivity index (χ4n) is 2.57. The molecule has 1 N–H and O–H groups in total. The van der Waals surface area contributed by atoms with Gasteiger partial charge in [-0.15, -0.1) is 0 Å². The van der Waals surface area contributed by atoms with Gasteiger partial charge in [0, 0.05) is 32.4 Å². The first kappa shape index (κ1) is 13.1. The Labute approximate surface area is 108 Å². The van der Waals surface area contributed by atoms with Crippen molar-refractivity contribution in [3.63, 3.8) is 0 Å². The Bertz CT molecular complexity index is 415. The van der Waals surface area contributed by atoms with E-state index in [1.807, 2.05) is 17.8 Å². The summed E-state index contributed by atoms with van der Waals surface area (Å²) in [5, 5.41) is 18.9. The van der Waals surface area contributed by atoms with Crippen molar-refractivity contribution in [2.45, 2.75) is 25.4 Å². The van der Waals surface area contributed by atoms with Gasteiger partial charge in [0.15, 0.2) is 0 Å². The summed E-state index contributed by atoms with van der Waals surface area (Å²) in [4.78, 5) is 6.51. The van der Waals surface area contributed by atoms with Gasteiger partial charge in [0.25, 0.3) is 0 Å². The van der Waals surface area contributed by atoms with Crippen LogP contribution in [0.2, 0.25) is 0 Å². The number of nitriles is 1. The van der Waals surface area contributed by atoms with E-state index >= 15 is 0 Å². The van der Waals surface area contributed by atoms with Crippen molar-refractivity contribution >= 4 is 0 Å². The van der Waals surface area contributed by atoms with Crippen LogP contribution in [-0.4, -0.2) is 39.2 Å². The van der Waals surface area contributed by atoms with E-state index in [2.05, 4.69) is 16.0 Å². The Hall–Kier alpha value is -1.38. The van der Waals surface area contributed by atoms with Gasteiger partial charge in [-0.25, -0.2) is 4.98 Å². The molecule has 0 bridgehead atoms. The first-order valence-corrected chi connectivity index (χ1v) is 6.47. The van der Waals surface area contributed by atoms with Gasteiger partial charge in [-0.1, -0.05) is 0 Å². The van der Waals surface area contributed by atoms with Gasteiger partial charge >= 0.3 is 0 Å². The van der Waals surface area contributed by atoms with E-state index in [-0.39, 0.29) is 5.92 Å². The molecule has 1 unspecified atom stereocenters. The van der Waals surface area contributed by atoms with Crippen molar-refractivity contribution in [2.24, 2.45) is 13.0 Å². The fraction of sp³-hybridized carbons (Fsp3) is 0.692. The first-order chi connectivity index (χ1) is 8.72. The van der Waals surface area contributed by atoms with Crippen LogP contribution >= 0.6 is 0 Å². The van der Waals surface area contributed by atoms with Crippen LogP contribution in [0.25, 0.3) is 0 Å². The average molecular weight is 248 g/mol. The molecule has 5 nitrogen and oxygen atoms in total. The second kappa shape index (κ2) is 5.98. The molecule has 18 heavy (non-hydrogen) atoms. The molecule has 1 aromatic rings. The summed E-state index contributed by atoms with van der Waals surface area (Å²) in [6.45, 7) is 2.78. The van der Waals surface area contributed by atoms with Crippen LogP contribution in [-0.2, 0) is 7.05 Å². The molecule has 1 aliphatic rings. The van der Waals surface area contributed by atoms with Crippen LogP contribution in [0, 0.1) is 17.2 Å². The smallest absolute Gasteiger partial charge is 0.137 e. The third-order valence-corrected chi connectivity index (χ3v) is 3.74. The molecule has 0 aliphatic carbocycles.